The van der Waals surface area contributed by atoms with Gasteiger partial charge in [0.1, 0.15) is 6.04 Å². The number of nitrogens with one attached hydrogen (secondary N) is 1. The summed E-state index contributed by atoms with van der Waals surface area (Å²) in [4.78, 5) is 2.46. The van der Waals surface area contributed by atoms with E-state index < -0.39 is 0 Å². The van der Waals surface area contributed by atoms with Crippen LogP contribution in [-0.2, 0) is 0 Å². The van der Waals surface area contributed by atoms with Crippen LogP contribution in [0.4, 0.5) is 0 Å². The van der Waals surface area contributed by atoms with Gasteiger partial charge in [0, 0.05) is 12.6 Å². The van der Waals surface area contributed by atoms with E-state index in [0.29, 0.717) is 11.5 Å². The van der Waals surface area contributed by atoms with Crippen molar-refractivity contribution in [3.63, 3.8) is 0 Å². The monoisotopic (exact) mass is 249 g/mol. The number of nitrogens with zero attached hydrogens (tertiary/aromatic N) is 2. The Morgan fingerprint density at radius 1 is 1.22 bits per heavy atom. The van der Waals surface area contributed by atoms with Crippen molar-refractivity contribution in [2.75, 3.05) is 19.6 Å². The highest BCUT2D eigenvalue weighted by Gasteiger charge is 2.30. The Morgan fingerprint density at radius 2 is 1.83 bits per heavy atom. The van der Waals surface area contributed by atoms with Gasteiger partial charge in [-0.1, -0.05) is 20.8 Å². The Bertz CT molecular complexity index is 301. The second kappa shape index (κ2) is 5.59. The zero-order chi connectivity index (χ0) is 13.2. The number of hydrogen-bond acceptors (Lipinski definition) is 3. The molecule has 0 aromatic carbocycles. The molecule has 1 saturated heterocycles. The molecule has 18 heavy (non-hydrogen) atoms. The molecule has 3 nitrogen and oxygen atoms in total. The highest BCUT2D eigenvalue weighted by Crippen LogP contribution is 2.34. The Hall–Kier alpha value is -0.590. The molecule has 1 aliphatic heterocycles. The summed E-state index contributed by atoms with van der Waals surface area (Å²) >= 11 is 0. The highest BCUT2D eigenvalue weighted by molar-refractivity contribution is 4.98. The predicted octanol–water partition coefficient (Wildman–Crippen LogP) is 2.39. The molecule has 2 aliphatic rings. The Kier molecular flexibility index (Phi) is 4.29. The standard InChI is InChI=1S/C15H27N3/c1-15(2,3)12-6-8-18(9-7-12)11-14(10-16)17-13-4-5-13/h12-14,17H,4-9,11H2,1-3H3. The lowest BCUT2D eigenvalue weighted by molar-refractivity contribution is 0.109. The average molecular weight is 249 g/mol. The summed E-state index contributed by atoms with van der Waals surface area (Å²) in [5, 5.41) is 12.6. The van der Waals surface area contributed by atoms with Gasteiger partial charge in [0.15, 0.2) is 0 Å². The molecule has 1 atom stereocenters. The molecule has 0 aromatic rings. The number of hydrogen-bond donors (Lipinski definition) is 1. The van der Waals surface area contributed by atoms with Crippen molar-refractivity contribution in [1.29, 1.82) is 5.26 Å². The van der Waals surface area contributed by atoms with Crippen LogP contribution in [0.15, 0.2) is 0 Å². The number of rotatable bonds is 4. The van der Waals surface area contributed by atoms with Crippen LogP contribution in [0.5, 0.6) is 0 Å². The predicted molar refractivity (Wildman–Crippen MR) is 74.2 cm³/mol. The SMILES string of the molecule is CC(C)(C)C1CCN(CC(C#N)NC2CC2)CC1. The van der Waals surface area contributed by atoms with E-state index in [4.69, 9.17) is 0 Å². The minimum Gasteiger partial charge on any atom is -0.301 e. The number of piperidine rings is 1. The summed E-state index contributed by atoms with van der Waals surface area (Å²) in [6.07, 6.45) is 5.07. The molecular formula is C15H27N3. The van der Waals surface area contributed by atoms with E-state index in [1.807, 2.05) is 0 Å². The fraction of sp³-hybridized carbons (Fsp3) is 0.933. The van der Waals surface area contributed by atoms with Crippen molar-refractivity contribution in [1.82, 2.24) is 10.2 Å². The third-order valence-corrected chi connectivity index (χ3v) is 4.42. The van der Waals surface area contributed by atoms with E-state index in [1.165, 1.54) is 25.7 Å². The normalized spacial score (nSPS) is 24.8. The first kappa shape index (κ1) is 13.8. The number of likely N-dealkylation sites (tertiary alicyclic amines) is 1. The zero-order valence-electron chi connectivity index (χ0n) is 12.1. The summed E-state index contributed by atoms with van der Waals surface area (Å²) in [7, 11) is 0. The van der Waals surface area contributed by atoms with Crippen molar-refractivity contribution in [2.24, 2.45) is 11.3 Å². The average Bonchev–Trinajstić information content (AvgIpc) is 3.11. The van der Waals surface area contributed by atoms with Crippen LogP contribution in [-0.4, -0.2) is 36.6 Å². The molecule has 2 fully saturated rings. The van der Waals surface area contributed by atoms with Gasteiger partial charge in [-0.3, -0.25) is 5.32 Å². The van der Waals surface area contributed by atoms with Gasteiger partial charge >= 0.3 is 0 Å². The summed E-state index contributed by atoms with van der Waals surface area (Å²) in [5.41, 5.74) is 0.437. The maximum atomic E-state index is 9.18. The Balaban J connectivity index is 1.73. The zero-order valence-corrected chi connectivity index (χ0v) is 12.1. The van der Waals surface area contributed by atoms with Gasteiger partial charge in [0.2, 0.25) is 0 Å². The van der Waals surface area contributed by atoms with Gasteiger partial charge in [0.25, 0.3) is 0 Å². The summed E-state index contributed by atoms with van der Waals surface area (Å²) in [6, 6.07) is 3.07. The van der Waals surface area contributed by atoms with Gasteiger partial charge in [-0.15, -0.1) is 0 Å². The molecule has 1 aliphatic carbocycles. The second-order valence-electron chi connectivity index (χ2n) is 7.06. The first-order valence-electron chi connectivity index (χ1n) is 7.37. The van der Waals surface area contributed by atoms with E-state index in [-0.39, 0.29) is 6.04 Å². The fourth-order valence-corrected chi connectivity index (χ4v) is 2.91. The maximum Gasteiger partial charge on any atom is 0.108 e. The smallest absolute Gasteiger partial charge is 0.108 e. The molecule has 1 N–H and O–H groups in total. The fourth-order valence-electron chi connectivity index (χ4n) is 2.91. The third kappa shape index (κ3) is 3.96. The molecule has 1 unspecified atom stereocenters. The van der Waals surface area contributed by atoms with E-state index in [1.54, 1.807) is 0 Å². The highest BCUT2D eigenvalue weighted by atomic mass is 15.2. The van der Waals surface area contributed by atoms with E-state index in [0.717, 1.165) is 25.6 Å². The van der Waals surface area contributed by atoms with Crippen molar-refractivity contribution in [2.45, 2.75) is 58.5 Å². The molecule has 3 heteroatoms. The molecule has 1 saturated carbocycles. The number of nitriles is 1. The molecule has 0 spiro atoms. The van der Waals surface area contributed by atoms with Gasteiger partial charge in [0.05, 0.1) is 6.07 Å². The van der Waals surface area contributed by atoms with Crippen LogP contribution < -0.4 is 5.32 Å². The largest absolute Gasteiger partial charge is 0.301 e. The van der Waals surface area contributed by atoms with E-state index in [2.05, 4.69) is 37.1 Å². The molecular weight excluding hydrogens is 222 g/mol. The first-order chi connectivity index (χ1) is 8.49. The van der Waals surface area contributed by atoms with Crippen LogP contribution in [0, 0.1) is 22.7 Å². The lowest BCUT2D eigenvalue weighted by atomic mass is 9.75. The molecule has 0 bridgehead atoms. The first-order valence-corrected chi connectivity index (χ1v) is 7.37. The van der Waals surface area contributed by atoms with Gasteiger partial charge in [-0.25, -0.2) is 0 Å². The Labute approximate surface area is 112 Å². The van der Waals surface area contributed by atoms with Crippen molar-refractivity contribution >= 4 is 0 Å². The quantitative estimate of drug-likeness (QED) is 0.831. The van der Waals surface area contributed by atoms with Crippen molar-refractivity contribution in [3.8, 4) is 6.07 Å². The van der Waals surface area contributed by atoms with Gasteiger partial charge in [-0.2, -0.15) is 5.26 Å². The van der Waals surface area contributed by atoms with Crippen LogP contribution in [0.3, 0.4) is 0 Å². The lowest BCUT2D eigenvalue weighted by Crippen LogP contribution is -2.45. The minimum atomic E-state index is 0.0312. The van der Waals surface area contributed by atoms with Crippen LogP contribution in [0.25, 0.3) is 0 Å². The third-order valence-electron chi connectivity index (χ3n) is 4.42. The summed E-state index contributed by atoms with van der Waals surface area (Å²) in [5.74, 6) is 0.839. The van der Waals surface area contributed by atoms with Gasteiger partial charge in [-0.05, 0) is 50.1 Å². The molecule has 2 rings (SSSR count). The second-order valence-corrected chi connectivity index (χ2v) is 7.06. The van der Waals surface area contributed by atoms with Crippen molar-refractivity contribution in [3.05, 3.63) is 0 Å². The van der Waals surface area contributed by atoms with E-state index in [9.17, 15) is 5.26 Å². The topological polar surface area (TPSA) is 39.1 Å². The summed E-state index contributed by atoms with van der Waals surface area (Å²) < 4.78 is 0. The summed E-state index contributed by atoms with van der Waals surface area (Å²) in [6.45, 7) is 10.3. The molecule has 102 valence electrons. The van der Waals surface area contributed by atoms with Crippen molar-refractivity contribution < 1.29 is 0 Å². The van der Waals surface area contributed by atoms with Crippen LogP contribution in [0.1, 0.15) is 46.5 Å². The molecule has 1 heterocycles. The maximum absolute atomic E-state index is 9.18. The minimum absolute atomic E-state index is 0.0312. The molecule has 0 amide bonds. The molecule has 0 radical (unpaired) electrons. The van der Waals surface area contributed by atoms with Gasteiger partial charge < -0.3 is 4.90 Å². The van der Waals surface area contributed by atoms with Crippen LogP contribution >= 0.6 is 0 Å². The molecule has 0 aromatic heterocycles. The Morgan fingerprint density at radius 3 is 2.28 bits per heavy atom. The lowest BCUT2D eigenvalue weighted by Gasteiger charge is -2.39. The van der Waals surface area contributed by atoms with Crippen LogP contribution in [0.2, 0.25) is 0 Å². The van der Waals surface area contributed by atoms with E-state index >= 15 is 0 Å².